The molecule has 0 amide bonds. The third-order valence-corrected chi connectivity index (χ3v) is 4.02. The second kappa shape index (κ2) is 3.07. The molecule has 1 unspecified atom stereocenters. The van der Waals surface area contributed by atoms with E-state index in [1.54, 1.807) is 0 Å². The van der Waals surface area contributed by atoms with E-state index in [0.29, 0.717) is 7.61 Å². The van der Waals surface area contributed by atoms with Crippen molar-refractivity contribution in [3.63, 3.8) is 0 Å². The zero-order valence-corrected chi connectivity index (χ0v) is 5.84. The Hall–Kier alpha value is 0.860. The lowest BCUT2D eigenvalue weighted by Gasteiger charge is -1.92. The second-order valence-electron chi connectivity index (χ2n) is 1.12. The summed E-state index contributed by atoms with van der Waals surface area (Å²) in [7, 11) is 1.61. The molecule has 2 heteroatoms. The third-order valence-electron chi connectivity index (χ3n) is 0.447. The molecule has 0 fully saturated rings. The van der Waals surface area contributed by atoms with Crippen LogP contribution in [0.15, 0.2) is 0 Å². The van der Waals surface area contributed by atoms with Crippen LogP contribution in [0.3, 0.4) is 0 Å². The molecule has 0 saturated carbocycles. The van der Waals surface area contributed by atoms with Crippen LogP contribution >= 0.6 is 15.9 Å². The van der Waals surface area contributed by atoms with Crippen molar-refractivity contribution in [2.24, 2.45) is 0 Å². The van der Waals surface area contributed by atoms with Crippen LogP contribution in [0.5, 0.6) is 0 Å². The van der Waals surface area contributed by atoms with Gasteiger partial charge in [-0.3, -0.25) is 0 Å². The first-order chi connectivity index (χ1) is 2.27. The minimum Gasteiger partial charge on any atom is -0.0998 e. The minimum atomic E-state index is 0.430. The Kier molecular flexibility index (Phi) is 3.59. The second-order valence-corrected chi connectivity index (χ2v) is 7.38. The SMILES string of the molecule is CPP(C)C. The molecule has 0 aromatic rings. The summed E-state index contributed by atoms with van der Waals surface area (Å²) in [6.07, 6.45) is 0. The molecule has 0 nitrogen and oxygen atoms in total. The van der Waals surface area contributed by atoms with Gasteiger partial charge in [-0.05, 0) is 20.0 Å². The number of hydrogen-bond acceptors (Lipinski definition) is 0. The lowest BCUT2D eigenvalue weighted by Crippen LogP contribution is -1.43. The Morgan fingerprint density at radius 1 is 1.40 bits per heavy atom. The molecule has 0 aliphatic heterocycles. The van der Waals surface area contributed by atoms with Gasteiger partial charge in [0.05, 0.1) is 0 Å². The monoisotopic (exact) mass is 108 g/mol. The molecule has 0 aromatic carbocycles. The summed E-state index contributed by atoms with van der Waals surface area (Å²) in [5, 5.41) is 0. The van der Waals surface area contributed by atoms with Gasteiger partial charge in [0.25, 0.3) is 0 Å². The van der Waals surface area contributed by atoms with Crippen LogP contribution in [0.4, 0.5) is 0 Å². The maximum Gasteiger partial charge on any atom is -0.0410 e. The molecule has 0 saturated heterocycles. The van der Waals surface area contributed by atoms with Crippen LogP contribution in [-0.2, 0) is 0 Å². The Balaban J connectivity index is 2.54. The maximum absolute atomic E-state index is 2.30. The molecule has 0 rings (SSSR count). The van der Waals surface area contributed by atoms with Crippen LogP contribution in [0.25, 0.3) is 0 Å². The fraction of sp³-hybridized carbons (Fsp3) is 1.00. The Bertz CT molecular complexity index is 18.9. The minimum absolute atomic E-state index is 0.430. The average Bonchev–Trinajstić information content (AvgIpc) is 1.38. The molecule has 0 aromatic heterocycles. The van der Waals surface area contributed by atoms with E-state index in [2.05, 4.69) is 20.0 Å². The van der Waals surface area contributed by atoms with Crippen molar-refractivity contribution in [3.8, 4) is 0 Å². The van der Waals surface area contributed by atoms with Crippen LogP contribution in [0.1, 0.15) is 0 Å². The summed E-state index contributed by atoms with van der Waals surface area (Å²) in [5.74, 6) is 0. The summed E-state index contributed by atoms with van der Waals surface area (Å²) >= 11 is 0. The van der Waals surface area contributed by atoms with Crippen molar-refractivity contribution < 1.29 is 0 Å². The lowest BCUT2D eigenvalue weighted by atomic mass is 11.9. The van der Waals surface area contributed by atoms with Gasteiger partial charge in [-0.15, -0.1) is 0 Å². The van der Waals surface area contributed by atoms with Crippen LogP contribution < -0.4 is 0 Å². The van der Waals surface area contributed by atoms with Gasteiger partial charge in [0.2, 0.25) is 0 Å². The molecule has 0 heterocycles. The molecule has 0 spiro atoms. The first-order valence-electron chi connectivity index (χ1n) is 1.62. The van der Waals surface area contributed by atoms with Crippen LogP contribution in [0.2, 0.25) is 0 Å². The summed E-state index contributed by atoms with van der Waals surface area (Å²) in [6, 6.07) is 0. The molecule has 0 bridgehead atoms. The molecule has 0 N–H and O–H groups in total. The Labute approximate surface area is 36.8 Å². The Morgan fingerprint density at radius 3 is 1.60 bits per heavy atom. The van der Waals surface area contributed by atoms with E-state index in [0.717, 1.165) is 0 Å². The predicted molar refractivity (Wildman–Crippen MR) is 33.0 cm³/mol. The van der Waals surface area contributed by atoms with E-state index in [9.17, 15) is 0 Å². The highest BCUT2D eigenvalue weighted by Crippen LogP contribution is 2.45. The standard InChI is InChI=1S/C3H10P2/c1-4-5(2)3/h4H,1-3H3. The zero-order chi connectivity index (χ0) is 4.28. The Morgan fingerprint density at radius 2 is 1.60 bits per heavy atom. The van der Waals surface area contributed by atoms with E-state index < -0.39 is 0 Å². The van der Waals surface area contributed by atoms with Crippen LogP contribution in [-0.4, -0.2) is 20.0 Å². The summed E-state index contributed by atoms with van der Waals surface area (Å²) < 4.78 is 0. The molecule has 0 aliphatic rings. The number of hydrogen-bond donors (Lipinski definition) is 0. The molecule has 0 aliphatic carbocycles. The molecule has 1 atom stereocenters. The third kappa shape index (κ3) is 4.86. The normalized spacial score (nSPS) is 12.0. The quantitative estimate of drug-likeness (QED) is 0.450. The van der Waals surface area contributed by atoms with Gasteiger partial charge in [-0.2, -0.15) is 0 Å². The van der Waals surface area contributed by atoms with Crippen molar-refractivity contribution in [1.82, 2.24) is 0 Å². The van der Waals surface area contributed by atoms with E-state index in [1.807, 2.05) is 0 Å². The van der Waals surface area contributed by atoms with Gasteiger partial charge in [-0.1, -0.05) is 15.9 Å². The van der Waals surface area contributed by atoms with Gasteiger partial charge >= 0.3 is 0 Å². The van der Waals surface area contributed by atoms with Gasteiger partial charge < -0.3 is 0 Å². The fourth-order valence-electron chi connectivity index (χ4n) is 0. The van der Waals surface area contributed by atoms with Gasteiger partial charge in [0, 0.05) is 0 Å². The van der Waals surface area contributed by atoms with Crippen molar-refractivity contribution in [2.75, 3.05) is 20.0 Å². The highest BCUT2D eigenvalue weighted by molar-refractivity contribution is 8.20. The lowest BCUT2D eigenvalue weighted by molar-refractivity contribution is 2.28. The molecule has 5 heavy (non-hydrogen) atoms. The zero-order valence-electron chi connectivity index (χ0n) is 3.95. The highest BCUT2D eigenvalue weighted by Gasteiger charge is 1.77. The summed E-state index contributed by atoms with van der Waals surface area (Å²) in [5.41, 5.74) is 0. The van der Waals surface area contributed by atoms with Crippen LogP contribution in [0, 0.1) is 0 Å². The maximum atomic E-state index is 2.30. The largest absolute Gasteiger partial charge is 0.0998 e. The first-order valence-corrected chi connectivity index (χ1v) is 6.20. The van der Waals surface area contributed by atoms with E-state index in [4.69, 9.17) is 0 Å². The summed E-state index contributed by atoms with van der Waals surface area (Å²) in [6.45, 7) is 6.85. The smallest absolute Gasteiger partial charge is 0.0410 e. The van der Waals surface area contributed by atoms with E-state index >= 15 is 0 Å². The van der Waals surface area contributed by atoms with Gasteiger partial charge in [0.15, 0.2) is 0 Å². The average molecular weight is 108 g/mol. The van der Waals surface area contributed by atoms with Crippen molar-refractivity contribution in [1.29, 1.82) is 0 Å². The van der Waals surface area contributed by atoms with Crippen molar-refractivity contribution in [2.45, 2.75) is 0 Å². The van der Waals surface area contributed by atoms with E-state index in [1.165, 1.54) is 8.27 Å². The molecule has 0 radical (unpaired) electrons. The first kappa shape index (κ1) is 5.86. The topological polar surface area (TPSA) is 0 Å². The molecule has 32 valence electrons. The van der Waals surface area contributed by atoms with E-state index in [-0.39, 0.29) is 0 Å². The van der Waals surface area contributed by atoms with Crippen molar-refractivity contribution >= 4 is 15.9 Å². The predicted octanol–water partition coefficient (Wildman–Crippen LogP) is 1.95. The summed E-state index contributed by atoms with van der Waals surface area (Å²) in [4.78, 5) is 0. The molecular formula is C3H10P2. The van der Waals surface area contributed by atoms with Gasteiger partial charge in [0.1, 0.15) is 0 Å². The molecular weight excluding hydrogens is 98.0 g/mol. The number of rotatable bonds is 1. The fourth-order valence-corrected chi connectivity index (χ4v) is 0. The van der Waals surface area contributed by atoms with Gasteiger partial charge in [-0.25, -0.2) is 0 Å². The van der Waals surface area contributed by atoms with Crippen molar-refractivity contribution in [3.05, 3.63) is 0 Å². The highest BCUT2D eigenvalue weighted by atomic mass is 32.0.